The fourth-order valence-corrected chi connectivity index (χ4v) is 5.64. The third-order valence-corrected chi connectivity index (χ3v) is 7.05. The van der Waals surface area contributed by atoms with Crippen molar-refractivity contribution in [1.82, 2.24) is 0 Å². The molecule has 0 amide bonds. The van der Waals surface area contributed by atoms with E-state index >= 15 is 0 Å². The van der Waals surface area contributed by atoms with Gasteiger partial charge < -0.3 is 13.9 Å². The number of ether oxygens (including phenoxy) is 2. The number of unbranched alkanes of at least 4 members (excludes halogenated alkanes) is 5. The van der Waals surface area contributed by atoms with Crippen LogP contribution in [0.1, 0.15) is 52.4 Å². The van der Waals surface area contributed by atoms with Gasteiger partial charge >= 0.3 is 0 Å². The van der Waals surface area contributed by atoms with Crippen LogP contribution in [0.2, 0.25) is 6.04 Å². The molecular weight excluding hydrogens is 244 g/mol. The molecule has 3 nitrogen and oxygen atoms in total. The van der Waals surface area contributed by atoms with Crippen molar-refractivity contribution in [3.05, 3.63) is 0 Å². The lowest BCUT2D eigenvalue weighted by Gasteiger charge is -2.29. The van der Waals surface area contributed by atoms with E-state index in [4.69, 9.17) is 13.9 Å². The SMILES string of the molecule is CCCCCCCC[Si](COC)(COC)OCC. The maximum absolute atomic E-state index is 6.03. The van der Waals surface area contributed by atoms with Crippen LogP contribution in [0.15, 0.2) is 0 Å². The van der Waals surface area contributed by atoms with Gasteiger partial charge in [0.2, 0.25) is 8.32 Å². The highest BCUT2D eigenvalue weighted by atomic mass is 28.4. The molecule has 0 atom stereocenters. The van der Waals surface area contributed by atoms with E-state index in [1.165, 1.54) is 38.5 Å². The molecule has 18 heavy (non-hydrogen) atoms. The normalized spacial score (nSPS) is 12.0. The number of rotatable bonds is 13. The maximum Gasteiger partial charge on any atom is 0.243 e. The van der Waals surface area contributed by atoms with Crippen molar-refractivity contribution in [1.29, 1.82) is 0 Å². The zero-order chi connectivity index (χ0) is 13.7. The molecule has 0 spiro atoms. The Morgan fingerprint density at radius 1 is 0.778 bits per heavy atom. The van der Waals surface area contributed by atoms with Gasteiger partial charge in [-0.3, -0.25) is 0 Å². The second-order valence-electron chi connectivity index (χ2n) is 5.00. The minimum absolute atomic E-state index is 0.754. The summed E-state index contributed by atoms with van der Waals surface area (Å²) in [7, 11) is 1.71. The average molecular weight is 276 g/mol. The highest BCUT2D eigenvalue weighted by molar-refractivity contribution is 6.73. The Morgan fingerprint density at radius 2 is 1.33 bits per heavy atom. The molecule has 0 aliphatic carbocycles. The van der Waals surface area contributed by atoms with E-state index in [-0.39, 0.29) is 0 Å². The van der Waals surface area contributed by atoms with Gasteiger partial charge in [-0.25, -0.2) is 0 Å². The van der Waals surface area contributed by atoms with Gasteiger partial charge in [-0.1, -0.05) is 45.4 Å². The molecule has 0 rings (SSSR count). The number of hydrogen-bond donors (Lipinski definition) is 0. The van der Waals surface area contributed by atoms with Crippen LogP contribution < -0.4 is 0 Å². The topological polar surface area (TPSA) is 27.7 Å². The van der Waals surface area contributed by atoms with Gasteiger partial charge in [0.15, 0.2) is 0 Å². The van der Waals surface area contributed by atoms with Crippen LogP contribution in [0, 0.1) is 0 Å². The monoisotopic (exact) mass is 276 g/mol. The molecule has 0 saturated heterocycles. The number of methoxy groups -OCH3 is 2. The summed E-state index contributed by atoms with van der Waals surface area (Å²) in [6.45, 7) is 5.09. The third-order valence-electron chi connectivity index (χ3n) is 3.25. The fourth-order valence-electron chi connectivity index (χ4n) is 2.40. The molecule has 0 fully saturated rings. The highest BCUT2D eigenvalue weighted by Crippen LogP contribution is 2.18. The quantitative estimate of drug-likeness (QED) is 0.379. The van der Waals surface area contributed by atoms with E-state index in [1.54, 1.807) is 14.2 Å². The lowest BCUT2D eigenvalue weighted by Crippen LogP contribution is -2.48. The fraction of sp³-hybridized carbons (Fsp3) is 1.00. The predicted molar refractivity (Wildman–Crippen MR) is 79.3 cm³/mol. The van der Waals surface area contributed by atoms with Gasteiger partial charge in [0.05, 0.1) is 12.5 Å². The van der Waals surface area contributed by atoms with Crippen molar-refractivity contribution in [2.45, 2.75) is 58.4 Å². The summed E-state index contributed by atoms with van der Waals surface area (Å²) in [6, 6.07) is 1.16. The van der Waals surface area contributed by atoms with E-state index < -0.39 is 8.32 Å². The van der Waals surface area contributed by atoms with E-state index in [9.17, 15) is 0 Å². The summed E-state index contributed by atoms with van der Waals surface area (Å²) >= 11 is 0. The second-order valence-corrected chi connectivity index (χ2v) is 8.73. The van der Waals surface area contributed by atoms with Gasteiger partial charge in [0, 0.05) is 20.8 Å². The molecule has 0 aromatic carbocycles. The minimum atomic E-state index is -1.81. The molecule has 110 valence electrons. The largest absolute Gasteiger partial charge is 0.412 e. The Kier molecular flexibility index (Phi) is 12.2. The molecule has 0 heterocycles. The summed E-state index contributed by atoms with van der Waals surface area (Å²) in [5.41, 5.74) is 0. The van der Waals surface area contributed by atoms with Crippen LogP contribution in [0.5, 0.6) is 0 Å². The zero-order valence-electron chi connectivity index (χ0n) is 12.8. The molecule has 0 saturated carbocycles. The Balaban J connectivity index is 3.97. The first-order valence-corrected chi connectivity index (χ1v) is 9.89. The Bertz CT molecular complexity index is 159. The first-order valence-electron chi connectivity index (χ1n) is 7.36. The van der Waals surface area contributed by atoms with Crippen LogP contribution in [-0.2, 0) is 13.9 Å². The van der Waals surface area contributed by atoms with Crippen LogP contribution in [0.4, 0.5) is 0 Å². The molecule has 0 aliphatic heterocycles. The Morgan fingerprint density at radius 3 is 1.83 bits per heavy atom. The lowest BCUT2D eigenvalue weighted by atomic mass is 10.1. The van der Waals surface area contributed by atoms with E-state index in [0.717, 1.165) is 25.1 Å². The predicted octanol–water partition coefficient (Wildman–Crippen LogP) is 3.70. The van der Waals surface area contributed by atoms with Crippen molar-refractivity contribution in [3.8, 4) is 0 Å². The highest BCUT2D eigenvalue weighted by Gasteiger charge is 2.34. The summed E-state index contributed by atoms with van der Waals surface area (Å²) in [5.74, 6) is 0. The summed E-state index contributed by atoms with van der Waals surface area (Å²) < 4.78 is 16.8. The van der Waals surface area contributed by atoms with Gasteiger partial charge in [0.25, 0.3) is 0 Å². The second kappa shape index (κ2) is 12.1. The number of hydrogen-bond acceptors (Lipinski definition) is 3. The summed E-state index contributed by atoms with van der Waals surface area (Å²) in [4.78, 5) is 0. The smallest absolute Gasteiger partial charge is 0.243 e. The minimum Gasteiger partial charge on any atom is -0.412 e. The zero-order valence-corrected chi connectivity index (χ0v) is 13.8. The van der Waals surface area contributed by atoms with Crippen LogP contribution >= 0.6 is 0 Å². The first kappa shape index (κ1) is 18.1. The summed E-state index contributed by atoms with van der Waals surface area (Å²) in [6.07, 6.45) is 9.47. The molecule has 0 aromatic rings. The van der Waals surface area contributed by atoms with E-state index in [2.05, 4.69) is 13.8 Å². The average Bonchev–Trinajstić information content (AvgIpc) is 2.35. The van der Waals surface area contributed by atoms with Crippen molar-refractivity contribution in [3.63, 3.8) is 0 Å². The van der Waals surface area contributed by atoms with E-state index in [0.29, 0.717) is 0 Å². The molecule has 0 unspecified atom stereocenters. The van der Waals surface area contributed by atoms with E-state index in [1.807, 2.05) is 0 Å². The lowest BCUT2D eigenvalue weighted by molar-refractivity contribution is 0.169. The van der Waals surface area contributed by atoms with Crippen molar-refractivity contribution in [2.75, 3.05) is 33.3 Å². The molecule has 4 heteroatoms. The van der Waals surface area contributed by atoms with Crippen molar-refractivity contribution in [2.24, 2.45) is 0 Å². The van der Waals surface area contributed by atoms with Crippen molar-refractivity contribution >= 4 is 8.32 Å². The molecule has 0 bridgehead atoms. The van der Waals surface area contributed by atoms with Crippen molar-refractivity contribution < 1.29 is 13.9 Å². The first-order chi connectivity index (χ1) is 8.74. The molecule has 0 aromatic heterocycles. The van der Waals surface area contributed by atoms with Crippen LogP contribution in [0.25, 0.3) is 0 Å². The van der Waals surface area contributed by atoms with Gasteiger partial charge in [0.1, 0.15) is 0 Å². The third kappa shape index (κ3) is 8.24. The molecule has 0 aliphatic rings. The standard InChI is InChI=1S/C14H32O3Si/c1-5-7-8-9-10-11-12-18(13-15-3,14-16-4)17-6-2/h5-14H2,1-4H3. The molecule has 0 N–H and O–H groups in total. The molecular formula is C14H32O3Si. The molecule has 0 radical (unpaired) electrons. The van der Waals surface area contributed by atoms with Gasteiger partial charge in [-0.2, -0.15) is 0 Å². The van der Waals surface area contributed by atoms with Crippen LogP contribution in [-0.4, -0.2) is 41.6 Å². The Hall–Kier alpha value is 0.0969. The van der Waals surface area contributed by atoms with Crippen LogP contribution in [0.3, 0.4) is 0 Å². The Labute approximate surface area is 114 Å². The maximum atomic E-state index is 6.03. The van der Waals surface area contributed by atoms with Gasteiger partial charge in [-0.05, 0) is 13.0 Å². The van der Waals surface area contributed by atoms with Gasteiger partial charge in [-0.15, -0.1) is 0 Å². The summed E-state index contributed by atoms with van der Waals surface area (Å²) in [5, 5.41) is 0.